The fourth-order valence-corrected chi connectivity index (χ4v) is 3.39. The van der Waals surface area contributed by atoms with Gasteiger partial charge in [0.25, 0.3) is 5.91 Å². The first-order valence-electron chi connectivity index (χ1n) is 8.50. The van der Waals surface area contributed by atoms with Crippen molar-refractivity contribution in [2.24, 2.45) is 0 Å². The number of halogens is 1. The molecule has 1 aliphatic rings. The van der Waals surface area contributed by atoms with Crippen molar-refractivity contribution in [3.05, 3.63) is 52.4 Å². The lowest BCUT2D eigenvalue weighted by Gasteiger charge is -2.26. The Morgan fingerprint density at radius 1 is 1.32 bits per heavy atom. The Labute approximate surface area is 152 Å². The summed E-state index contributed by atoms with van der Waals surface area (Å²) in [5.41, 5.74) is 0.475. The number of nitrogens with one attached hydrogen (secondary N) is 1. The van der Waals surface area contributed by atoms with Crippen molar-refractivity contribution in [2.45, 2.75) is 25.8 Å². The van der Waals surface area contributed by atoms with Crippen molar-refractivity contribution < 1.29 is 13.9 Å². The zero-order valence-electron chi connectivity index (χ0n) is 14.5. The number of hydrogen-bond donors (Lipinski definition) is 1. The third-order valence-corrected chi connectivity index (χ3v) is 4.77. The van der Waals surface area contributed by atoms with Gasteiger partial charge >= 0.3 is 0 Å². The van der Waals surface area contributed by atoms with E-state index in [2.05, 4.69) is 10.2 Å². The fourth-order valence-electron chi connectivity index (χ4n) is 3.23. The van der Waals surface area contributed by atoms with Gasteiger partial charge in [-0.25, -0.2) is 0 Å². The van der Waals surface area contributed by atoms with Gasteiger partial charge in [-0.15, -0.1) is 0 Å². The highest BCUT2D eigenvalue weighted by Crippen LogP contribution is 2.27. The molecule has 1 N–H and O–H groups in total. The SMILES string of the molecule is COc1cc(Cl)ccc1C(=O)NCC(c1ccc(C)o1)N1CCCC1. The number of amides is 1. The van der Waals surface area contributed by atoms with E-state index in [1.807, 2.05) is 19.1 Å². The van der Waals surface area contributed by atoms with Gasteiger partial charge in [-0.1, -0.05) is 11.6 Å². The van der Waals surface area contributed by atoms with E-state index in [1.165, 1.54) is 20.0 Å². The van der Waals surface area contributed by atoms with Crippen LogP contribution in [0.25, 0.3) is 0 Å². The number of hydrogen-bond acceptors (Lipinski definition) is 4. The van der Waals surface area contributed by atoms with Gasteiger partial charge in [-0.05, 0) is 63.2 Å². The predicted molar refractivity (Wildman–Crippen MR) is 97.3 cm³/mol. The molecule has 25 heavy (non-hydrogen) atoms. The summed E-state index contributed by atoms with van der Waals surface area (Å²) in [6.45, 7) is 4.45. The number of nitrogens with zero attached hydrogens (tertiary/aromatic N) is 1. The van der Waals surface area contributed by atoms with Crippen LogP contribution in [0.5, 0.6) is 5.75 Å². The maximum absolute atomic E-state index is 12.6. The average molecular weight is 363 g/mol. The van der Waals surface area contributed by atoms with E-state index in [0.717, 1.165) is 24.6 Å². The maximum atomic E-state index is 12.6. The van der Waals surface area contributed by atoms with Crippen molar-refractivity contribution in [2.75, 3.05) is 26.7 Å². The summed E-state index contributed by atoms with van der Waals surface area (Å²) in [6.07, 6.45) is 2.35. The van der Waals surface area contributed by atoms with E-state index < -0.39 is 0 Å². The Hall–Kier alpha value is -1.98. The molecule has 3 rings (SSSR count). The zero-order valence-corrected chi connectivity index (χ0v) is 15.3. The van der Waals surface area contributed by atoms with Gasteiger partial charge in [0.1, 0.15) is 17.3 Å². The number of methoxy groups -OCH3 is 1. The quantitative estimate of drug-likeness (QED) is 0.848. The highest BCUT2D eigenvalue weighted by molar-refractivity contribution is 6.30. The molecule has 0 radical (unpaired) electrons. The smallest absolute Gasteiger partial charge is 0.255 e. The Morgan fingerprint density at radius 2 is 2.08 bits per heavy atom. The summed E-state index contributed by atoms with van der Waals surface area (Å²) in [6, 6.07) is 9.00. The van der Waals surface area contributed by atoms with E-state index in [1.54, 1.807) is 18.2 Å². The van der Waals surface area contributed by atoms with Gasteiger partial charge in [0.2, 0.25) is 0 Å². The van der Waals surface area contributed by atoms with Crippen molar-refractivity contribution in [1.29, 1.82) is 0 Å². The summed E-state index contributed by atoms with van der Waals surface area (Å²) in [5, 5.41) is 3.55. The molecule has 1 unspecified atom stereocenters. The second kappa shape index (κ2) is 7.93. The highest BCUT2D eigenvalue weighted by atomic mass is 35.5. The van der Waals surface area contributed by atoms with Gasteiger partial charge in [0.05, 0.1) is 18.7 Å². The van der Waals surface area contributed by atoms with Crippen LogP contribution in [0.3, 0.4) is 0 Å². The van der Waals surface area contributed by atoms with E-state index in [4.69, 9.17) is 20.8 Å². The molecule has 6 heteroatoms. The second-order valence-electron chi connectivity index (χ2n) is 6.26. The largest absolute Gasteiger partial charge is 0.496 e. The number of carbonyl (C=O) groups excluding carboxylic acids is 1. The van der Waals surface area contributed by atoms with Crippen LogP contribution in [-0.2, 0) is 0 Å². The molecule has 1 aromatic heterocycles. The maximum Gasteiger partial charge on any atom is 0.255 e. The first kappa shape index (κ1) is 17.8. The fraction of sp³-hybridized carbons (Fsp3) is 0.421. The number of ether oxygens (including phenoxy) is 1. The van der Waals surface area contributed by atoms with Crippen LogP contribution in [0.4, 0.5) is 0 Å². The number of aryl methyl sites for hydroxylation is 1. The molecule has 1 saturated heterocycles. The summed E-state index contributed by atoms with van der Waals surface area (Å²) >= 11 is 5.97. The lowest BCUT2D eigenvalue weighted by molar-refractivity contribution is 0.0930. The van der Waals surface area contributed by atoms with Crippen LogP contribution in [0.15, 0.2) is 34.7 Å². The molecular formula is C19H23ClN2O3. The lowest BCUT2D eigenvalue weighted by Crippen LogP contribution is -2.36. The molecule has 1 amide bonds. The molecule has 0 aliphatic carbocycles. The van der Waals surface area contributed by atoms with Crippen molar-refractivity contribution >= 4 is 17.5 Å². The number of likely N-dealkylation sites (tertiary alicyclic amines) is 1. The molecule has 0 spiro atoms. The van der Waals surface area contributed by atoms with Gasteiger partial charge in [0.15, 0.2) is 0 Å². The first-order chi connectivity index (χ1) is 12.1. The monoisotopic (exact) mass is 362 g/mol. The first-order valence-corrected chi connectivity index (χ1v) is 8.88. The Bertz CT molecular complexity index is 738. The highest BCUT2D eigenvalue weighted by Gasteiger charge is 2.26. The standard InChI is InChI=1S/C19H23ClN2O3/c1-13-5-8-17(25-13)16(22-9-3-4-10-22)12-21-19(23)15-7-6-14(20)11-18(15)24-2/h5-8,11,16H,3-4,9-10,12H2,1-2H3,(H,21,23). The zero-order chi connectivity index (χ0) is 17.8. The molecule has 0 bridgehead atoms. The minimum absolute atomic E-state index is 0.0402. The van der Waals surface area contributed by atoms with Crippen LogP contribution in [-0.4, -0.2) is 37.6 Å². The number of carbonyl (C=O) groups is 1. The van der Waals surface area contributed by atoms with E-state index in [9.17, 15) is 4.79 Å². The van der Waals surface area contributed by atoms with Gasteiger partial charge in [-0.2, -0.15) is 0 Å². The molecule has 2 aromatic rings. The molecule has 1 aliphatic heterocycles. The number of benzene rings is 1. The Kier molecular flexibility index (Phi) is 5.66. The molecule has 2 heterocycles. The van der Waals surface area contributed by atoms with E-state index >= 15 is 0 Å². The minimum Gasteiger partial charge on any atom is -0.496 e. The van der Waals surface area contributed by atoms with E-state index in [0.29, 0.717) is 22.9 Å². The molecule has 1 fully saturated rings. The van der Waals surface area contributed by atoms with Crippen molar-refractivity contribution in [3.8, 4) is 5.75 Å². The molecule has 1 atom stereocenters. The van der Waals surface area contributed by atoms with Crippen LogP contribution >= 0.6 is 11.6 Å². The molecule has 1 aromatic carbocycles. The van der Waals surface area contributed by atoms with E-state index in [-0.39, 0.29) is 11.9 Å². The third kappa shape index (κ3) is 4.17. The molecule has 134 valence electrons. The van der Waals surface area contributed by atoms with Crippen LogP contribution < -0.4 is 10.1 Å². The normalized spacial score (nSPS) is 16.0. The molecule has 5 nitrogen and oxygen atoms in total. The second-order valence-corrected chi connectivity index (χ2v) is 6.70. The van der Waals surface area contributed by atoms with Gasteiger partial charge in [-0.3, -0.25) is 9.69 Å². The average Bonchev–Trinajstić information content (AvgIpc) is 3.27. The Morgan fingerprint density at radius 3 is 2.72 bits per heavy atom. The van der Waals surface area contributed by atoms with Crippen molar-refractivity contribution in [3.63, 3.8) is 0 Å². The molecular weight excluding hydrogens is 340 g/mol. The van der Waals surface area contributed by atoms with Crippen LogP contribution in [0, 0.1) is 6.92 Å². The van der Waals surface area contributed by atoms with Crippen molar-refractivity contribution in [1.82, 2.24) is 10.2 Å². The summed E-state index contributed by atoms with van der Waals surface area (Å²) in [5.74, 6) is 2.06. The number of rotatable bonds is 6. The summed E-state index contributed by atoms with van der Waals surface area (Å²) in [7, 11) is 1.53. The summed E-state index contributed by atoms with van der Waals surface area (Å²) < 4.78 is 11.1. The summed E-state index contributed by atoms with van der Waals surface area (Å²) in [4.78, 5) is 15.0. The predicted octanol–water partition coefficient (Wildman–Crippen LogP) is 3.82. The lowest BCUT2D eigenvalue weighted by atomic mass is 10.1. The van der Waals surface area contributed by atoms with Gasteiger partial charge < -0.3 is 14.5 Å². The van der Waals surface area contributed by atoms with Gasteiger partial charge in [0, 0.05) is 11.6 Å². The van der Waals surface area contributed by atoms with Crippen LogP contribution in [0.2, 0.25) is 5.02 Å². The topological polar surface area (TPSA) is 54.7 Å². The third-order valence-electron chi connectivity index (χ3n) is 4.54. The molecule has 0 saturated carbocycles. The Balaban J connectivity index is 1.73. The van der Waals surface area contributed by atoms with Crippen LogP contribution in [0.1, 0.15) is 40.8 Å². The minimum atomic E-state index is -0.180. The number of furan rings is 1.